The summed E-state index contributed by atoms with van der Waals surface area (Å²) in [5.74, 6) is -0.628. The Balaban J connectivity index is 1.73. The summed E-state index contributed by atoms with van der Waals surface area (Å²) in [6, 6.07) is 20.4. The van der Waals surface area contributed by atoms with Gasteiger partial charge in [0.2, 0.25) is 0 Å². The number of halogens is 3. The first kappa shape index (κ1) is 22.8. The van der Waals surface area contributed by atoms with Crippen LogP contribution in [0.3, 0.4) is 0 Å². The van der Waals surface area contributed by atoms with Crippen LogP contribution in [0.1, 0.15) is 11.1 Å². The molecule has 0 saturated heterocycles. The van der Waals surface area contributed by atoms with E-state index in [1.165, 1.54) is 16.7 Å². The van der Waals surface area contributed by atoms with Crippen molar-refractivity contribution in [3.05, 3.63) is 111 Å². The van der Waals surface area contributed by atoms with Gasteiger partial charge in [-0.05, 0) is 35.9 Å². The first-order chi connectivity index (χ1) is 16.7. The normalized spacial score (nSPS) is 11.9. The lowest BCUT2D eigenvalue weighted by Gasteiger charge is -2.14. The Hall–Kier alpha value is -3.98. The molecule has 0 aliphatic heterocycles. The predicted molar refractivity (Wildman–Crippen MR) is 127 cm³/mol. The van der Waals surface area contributed by atoms with E-state index in [1.54, 1.807) is 24.3 Å². The molecule has 0 fully saturated rings. The van der Waals surface area contributed by atoms with Crippen LogP contribution < -0.4 is 11.2 Å². The van der Waals surface area contributed by atoms with Crippen molar-refractivity contribution in [2.24, 2.45) is 0 Å². The van der Waals surface area contributed by atoms with Gasteiger partial charge in [0.1, 0.15) is 10.3 Å². The van der Waals surface area contributed by atoms with E-state index < -0.39 is 28.7 Å². The molecule has 5 rings (SSSR count). The summed E-state index contributed by atoms with van der Waals surface area (Å²) in [6.07, 6.45) is -4.57. The molecule has 0 aliphatic carbocycles. The van der Waals surface area contributed by atoms with Crippen LogP contribution in [0.25, 0.3) is 21.9 Å². The van der Waals surface area contributed by atoms with Gasteiger partial charge in [-0.15, -0.1) is 0 Å². The molecule has 2 aromatic heterocycles. The van der Waals surface area contributed by atoms with Gasteiger partial charge in [-0.3, -0.25) is 4.79 Å². The maximum atomic E-state index is 13.6. The van der Waals surface area contributed by atoms with E-state index in [-0.39, 0.29) is 27.3 Å². The van der Waals surface area contributed by atoms with Crippen molar-refractivity contribution >= 4 is 33.6 Å². The SMILES string of the molecule is O=c1oc2c(c(O)c1Sc1cccc(C(F)(F)F)c1)c(=O)n(Cc1ccccc1)c1ccccc21. The fourth-order valence-electron chi connectivity index (χ4n) is 3.91. The van der Waals surface area contributed by atoms with Gasteiger partial charge in [-0.25, -0.2) is 4.79 Å². The molecule has 176 valence electrons. The van der Waals surface area contributed by atoms with Gasteiger partial charge < -0.3 is 14.1 Å². The van der Waals surface area contributed by atoms with Crippen molar-refractivity contribution in [3.8, 4) is 5.75 Å². The van der Waals surface area contributed by atoms with Crippen LogP contribution >= 0.6 is 11.8 Å². The zero-order valence-corrected chi connectivity index (χ0v) is 18.7. The standard InChI is InChI=1S/C26H16F3NO4S/c27-26(28,29)16-9-6-10-17(13-16)35-23-21(31)20-22(34-25(23)33)18-11-4-5-12-19(18)30(24(20)32)14-15-7-2-1-3-8-15/h1-13,31H,14H2. The summed E-state index contributed by atoms with van der Waals surface area (Å²) in [5.41, 5.74) is -1.17. The number of alkyl halides is 3. The van der Waals surface area contributed by atoms with Crippen LogP contribution in [0.4, 0.5) is 13.2 Å². The third-order valence-electron chi connectivity index (χ3n) is 5.52. The lowest BCUT2D eigenvalue weighted by Crippen LogP contribution is -2.22. The summed E-state index contributed by atoms with van der Waals surface area (Å²) in [4.78, 5) is 26.0. The topological polar surface area (TPSA) is 72.4 Å². The quantitative estimate of drug-likeness (QED) is 0.308. The second-order valence-electron chi connectivity index (χ2n) is 7.79. The van der Waals surface area contributed by atoms with Crippen molar-refractivity contribution in [2.75, 3.05) is 0 Å². The lowest BCUT2D eigenvalue weighted by molar-refractivity contribution is -0.137. The number of para-hydroxylation sites is 1. The highest BCUT2D eigenvalue weighted by Gasteiger charge is 2.31. The molecule has 0 bridgehead atoms. The van der Waals surface area contributed by atoms with Gasteiger partial charge in [-0.1, -0.05) is 60.3 Å². The fourth-order valence-corrected chi connectivity index (χ4v) is 4.80. The molecule has 5 aromatic rings. The average Bonchev–Trinajstić information content (AvgIpc) is 2.84. The van der Waals surface area contributed by atoms with Crippen LogP contribution in [-0.2, 0) is 12.7 Å². The number of aromatic nitrogens is 1. The highest BCUT2D eigenvalue weighted by atomic mass is 32.2. The first-order valence-electron chi connectivity index (χ1n) is 10.4. The molecular formula is C26H16F3NO4S. The second-order valence-corrected chi connectivity index (χ2v) is 8.88. The Bertz CT molecular complexity index is 1690. The maximum Gasteiger partial charge on any atom is 0.416 e. The molecule has 3 aromatic carbocycles. The van der Waals surface area contributed by atoms with Gasteiger partial charge in [-0.2, -0.15) is 13.2 Å². The smallest absolute Gasteiger partial charge is 0.416 e. The molecule has 0 amide bonds. The molecule has 0 saturated carbocycles. The van der Waals surface area contributed by atoms with Crippen LogP contribution in [0.5, 0.6) is 5.75 Å². The zero-order chi connectivity index (χ0) is 24.7. The Labute approximate surface area is 200 Å². The van der Waals surface area contributed by atoms with E-state index in [4.69, 9.17) is 4.42 Å². The minimum absolute atomic E-state index is 0.0622. The summed E-state index contributed by atoms with van der Waals surface area (Å²) in [6.45, 7) is 0.199. The highest BCUT2D eigenvalue weighted by molar-refractivity contribution is 7.99. The van der Waals surface area contributed by atoms with E-state index in [0.717, 1.165) is 17.7 Å². The summed E-state index contributed by atoms with van der Waals surface area (Å²) < 4.78 is 46.3. The van der Waals surface area contributed by atoms with Crippen molar-refractivity contribution in [2.45, 2.75) is 22.5 Å². The van der Waals surface area contributed by atoms with E-state index in [1.807, 2.05) is 30.3 Å². The number of hydrogen-bond donors (Lipinski definition) is 1. The molecular weight excluding hydrogens is 479 g/mol. The third kappa shape index (κ3) is 4.19. The lowest BCUT2D eigenvalue weighted by atomic mass is 10.1. The van der Waals surface area contributed by atoms with Gasteiger partial charge in [0.15, 0.2) is 11.3 Å². The highest BCUT2D eigenvalue weighted by Crippen LogP contribution is 2.39. The minimum Gasteiger partial charge on any atom is -0.505 e. The van der Waals surface area contributed by atoms with Crippen molar-refractivity contribution < 1.29 is 22.7 Å². The van der Waals surface area contributed by atoms with E-state index in [0.29, 0.717) is 22.7 Å². The van der Waals surface area contributed by atoms with E-state index in [2.05, 4.69) is 0 Å². The zero-order valence-electron chi connectivity index (χ0n) is 17.9. The Morgan fingerprint density at radius 1 is 0.914 bits per heavy atom. The van der Waals surface area contributed by atoms with Crippen molar-refractivity contribution in [1.82, 2.24) is 4.57 Å². The largest absolute Gasteiger partial charge is 0.505 e. The third-order valence-corrected chi connectivity index (χ3v) is 6.58. The van der Waals surface area contributed by atoms with Gasteiger partial charge >= 0.3 is 11.8 Å². The van der Waals surface area contributed by atoms with Crippen LogP contribution in [0.15, 0.2) is 103 Å². The summed E-state index contributed by atoms with van der Waals surface area (Å²) in [5, 5.41) is 11.3. The number of hydrogen-bond acceptors (Lipinski definition) is 5. The molecule has 0 atom stereocenters. The van der Waals surface area contributed by atoms with Gasteiger partial charge in [0, 0.05) is 10.3 Å². The molecule has 9 heteroatoms. The number of pyridine rings is 1. The molecule has 0 unspecified atom stereocenters. The average molecular weight is 495 g/mol. The van der Waals surface area contributed by atoms with Gasteiger partial charge in [0.25, 0.3) is 5.56 Å². The van der Waals surface area contributed by atoms with E-state index in [9.17, 15) is 27.9 Å². The van der Waals surface area contributed by atoms with Crippen molar-refractivity contribution in [1.29, 1.82) is 0 Å². The number of nitrogens with zero attached hydrogens (tertiary/aromatic N) is 1. The number of aromatic hydroxyl groups is 1. The second kappa shape index (κ2) is 8.66. The fraction of sp³-hybridized carbons (Fsp3) is 0.0769. The van der Waals surface area contributed by atoms with E-state index >= 15 is 0 Å². The summed E-state index contributed by atoms with van der Waals surface area (Å²) >= 11 is 0.605. The molecule has 1 N–H and O–H groups in total. The minimum atomic E-state index is -4.57. The molecule has 35 heavy (non-hydrogen) atoms. The number of rotatable bonds is 4. The molecule has 2 heterocycles. The van der Waals surface area contributed by atoms with Crippen molar-refractivity contribution in [3.63, 3.8) is 0 Å². The number of benzene rings is 3. The molecule has 0 aliphatic rings. The monoisotopic (exact) mass is 495 g/mol. The van der Waals surface area contributed by atoms with Gasteiger partial charge in [0.05, 0.1) is 17.6 Å². The number of fused-ring (bicyclic) bond motifs is 3. The molecule has 0 radical (unpaired) electrons. The van der Waals surface area contributed by atoms with Crippen LogP contribution in [0, 0.1) is 0 Å². The van der Waals surface area contributed by atoms with Crippen LogP contribution in [0.2, 0.25) is 0 Å². The first-order valence-corrected chi connectivity index (χ1v) is 11.3. The van der Waals surface area contributed by atoms with Crippen LogP contribution in [-0.4, -0.2) is 9.67 Å². The molecule has 5 nitrogen and oxygen atoms in total. The Morgan fingerprint density at radius 3 is 2.37 bits per heavy atom. The summed E-state index contributed by atoms with van der Waals surface area (Å²) in [7, 11) is 0. The Morgan fingerprint density at radius 2 is 1.63 bits per heavy atom. The Kier molecular flexibility index (Phi) is 5.64. The molecule has 0 spiro atoms. The maximum absolute atomic E-state index is 13.6. The predicted octanol–water partition coefficient (Wildman–Crippen LogP) is 6.03.